The van der Waals surface area contributed by atoms with Crippen molar-refractivity contribution >= 4 is 61.3 Å². The second-order valence-corrected chi connectivity index (χ2v) is 13.0. The number of hydrogen-bond acceptors (Lipinski definition) is 11. The summed E-state index contributed by atoms with van der Waals surface area (Å²) in [6.07, 6.45) is 0. The molecule has 0 rings (SSSR count). The summed E-state index contributed by atoms with van der Waals surface area (Å²) in [5.74, 6) is -6.89. The fraction of sp³-hybridized carbons (Fsp3) is 0.688. The average Bonchev–Trinajstić information content (AvgIpc) is 2.70. The van der Waals surface area contributed by atoms with Crippen molar-refractivity contribution in [3.63, 3.8) is 0 Å². The first kappa shape index (κ1) is 35.3. The predicted octanol–water partition coefficient (Wildman–Crippen LogP) is -1.75. The van der Waals surface area contributed by atoms with Crippen LogP contribution in [-0.2, 0) is 37.5 Å². The lowest BCUT2D eigenvalue weighted by molar-refractivity contribution is -0.144. The maximum atomic E-state index is 12.2. The van der Waals surface area contributed by atoms with Crippen LogP contribution in [0, 0.1) is 0 Å². The first-order valence-electron chi connectivity index (χ1n) is 10.2. The van der Waals surface area contributed by atoms with Gasteiger partial charge >= 0.3 is 44.9 Å². The van der Waals surface area contributed by atoms with E-state index < -0.39 is 97.1 Å². The van der Waals surface area contributed by atoms with Crippen LogP contribution in [0.3, 0.4) is 0 Å². The molecule has 0 aliphatic rings. The number of phosphoric ester groups is 1. The van der Waals surface area contributed by atoms with Gasteiger partial charge in [0.05, 0.1) is 39.3 Å². The summed E-state index contributed by atoms with van der Waals surface area (Å²) in [7, 11) is -2.25. The number of phosphoric acid groups is 1. The third kappa shape index (κ3) is 19.1. The molecule has 17 nitrogen and oxygen atoms in total. The minimum atomic E-state index is -4.69. The molecule has 0 heterocycles. The second kappa shape index (κ2) is 17.7. The zero-order valence-corrected chi connectivity index (χ0v) is 22.7. The van der Waals surface area contributed by atoms with Crippen molar-refractivity contribution in [3.8, 4) is 0 Å². The Hall–Kier alpha value is -1.74. The number of carbonyl (C=O) groups is 5. The van der Waals surface area contributed by atoms with Gasteiger partial charge in [-0.1, -0.05) is 7.49 Å². The van der Waals surface area contributed by atoms with E-state index in [2.05, 4.69) is 8.93 Å². The van der Waals surface area contributed by atoms with E-state index in [1.54, 1.807) is 6.66 Å². The number of aliphatic carboxylic acids is 5. The quantitative estimate of drug-likeness (QED) is 0.0602. The number of carboxylic acid groups (broad SMARTS) is 5. The molecule has 0 amide bonds. The lowest BCUT2D eigenvalue weighted by Crippen LogP contribution is -2.52. The highest BCUT2D eigenvalue weighted by Crippen LogP contribution is 2.48. The lowest BCUT2D eigenvalue weighted by atomic mass is 10.2. The highest BCUT2D eigenvalue weighted by atomic mass is 32.0. The lowest BCUT2D eigenvalue weighted by Gasteiger charge is -2.35. The van der Waals surface area contributed by atoms with Crippen molar-refractivity contribution in [2.75, 3.05) is 65.6 Å². The van der Waals surface area contributed by atoms with Crippen molar-refractivity contribution in [1.82, 2.24) is 14.7 Å². The summed E-state index contributed by atoms with van der Waals surface area (Å²) in [6.45, 7) is -3.79. The van der Waals surface area contributed by atoms with E-state index in [0.717, 1.165) is 21.9 Å². The molecule has 6 N–H and O–H groups in total. The molecule has 0 spiro atoms. The SMILES string of the molecule is CP(P)[B]OP(=O)(O)OCC(CN(CC(=O)O)CC(=O)O)N(CCN(CC(=O)O)CC(=O)O)CC(=O)O. The van der Waals surface area contributed by atoms with E-state index in [9.17, 15) is 38.5 Å². The monoisotopic (exact) mass is 592 g/mol. The van der Waals surface area contributed by atoms with Crippen molar-refractivity contribution in [1.29, 1.82) is 0 Å². The van der Waals surface area contributed by atoms with Crippen LogP contribution in [-0.4, -0.2) is 154 Å². The zero-order valence-electron chi connectivity index (χ0n) is 19.8. The molecule has 0 fully saturated rings. The van der Waals surface area contributed by atoms with E-state index in [-0.39, 0.29) is 13.1 Å². The second-order valence-electron chi connectivity index (χ2n) is 7.61. The first-order valence-corrected chi connectivity index (χ1v) is 15.2. The van der Waals surface area contributed by atoms with Gasteiger partial charge in [-0.25, -0.2) is 4.57 Å². The Labute approximate surface area is 216 Å². The standard InChI is InChI=1S/C16H30BN3O14P3/c1-36(35)17-34-37(31,32)33-10-11(4-19(7-14(25)26)8-15(27)28)20(9-16(29)30)3-2-18(5-12(21)22)6-13(23)24/h11H,2-10,35H2,1H3,(H,21,22)(H,23,24)(H,25,26)(H,27,28)(H,29,30)(H,31,32). The maximum Gasteiger partial charge on any atom is 0.458 e. The van der Waals surface area contributed by atoms with E-state index in [0.29, 0.717) is 0 Å². The Balaban J connectivity index is 5.96. The van der Waals surface area contributed by atoms with Gasteiger partial charge in [-0.2, -0.15) is 0 Å². The van der Waals surface area contributed by atoms with E-state index in [1.807, 2.05) is 0 Å². The third-order valence-corrected chi connectivity index (χ3v) is 6.06. The normalized spacial score (nSPS) is 14.8. The topological polar surface area (TPSA) is 252 Å². The van der Waals surface area contributed by atoms with Gasteiger partial charge in [0.2, 0.25) is 0 Å². The van der Waals surface area contributed by atoms with Gasteiger partial charge in [-0.15, -0.1) is 8.93 Å². The molecular formula is C16H30BN3O14P3. The van der Waals surface area contributed by atoms with E-state index in [1.165, 1.54) is 0 Å². The predicted molar refractivity (Wildman–Crippen MR) is 132 cm³/mol. The van der Waals surface area contributed by atoms with E-state index in [4.69, 9.17) is 29.4 Å². The number of rotatable bonds is 22. The number of nitrogens with zero attached hydrogens (tertiary/aromatic N) is 3. The van der Waals surface area contributed by atoms with Crippen LogP contribution in [0.25, 0.3) is 0 Å². The summed E-state index contributed by atoms with van der Waals surface area (Å²) in [5, 5.41) is 45.6. The number of hydrogen-bond donors (Lipinski definition) is 6. The van der Waals surface area contributed by atoms with Crippen LogP contribution in [0.15, 0.2) is 0 Å². The highest BCUT2D eigenvalue weighted by Gasteiger charge is 2.30. The molecule has 0 aromatic carbocycles. The molecule has 4 unspecified atom stereocenters. The Kier molecular flexibility index (Phi) is 16.9. The molecule has 0 aliphatic carbocycles. The Bertz CT molecular complexity index is 819. The van der Waals surface area contributed by atoms with Crippen molar-refractivity contribution in [2.24, 2.45) is 0 Å². The molecule has 0 saturated heterocycles. The van der Waals surface area contributed by atoms with Crippen LogP contribution < -0.4 is 0 Å². The molecule has 0 aliphatic heterocycles. The van der Waals surface area contributed by atoms with Crippen LogP contribution in [0.5, 0.6) is 0 Å². The Morgan fingerprint density at radius 1 is 0.838 bits per heavy atom. The van der Waals surface area contributed by atoms with Gasteiger partial charge in [-0.3, -0.25) is 43.2 Å². The molecule has 0 aromatic rings. The fourth-order valence-corrected chi connectivity index (χ4v) is 4.90. The fourth-order valence-electron chi connectivity index (χ4n) is 2.91. The summed E-state index contributed by atoms with van der Waals surface area (Å²) < 4.78 is 21.9. The van der Waals surface area contributed by atoms with Gasteiger partial charge in [0.25, 0.3) is 0 Å². The molecule has 37 heavy (non-hydrogen) atoms. The molecule has 211 valence electrons. The molecule has 0 aromatic heterocycles. The Morgan fingerprint density at radius 3 is 1.68 bits per heavy atom. The summed E-state index contributed by atoms with van der Waals surface area (Å²) in [4.78, 5) is 69.0. The average molecular weight is 592 g/mol. The molecule has 1 radical (unpaired) electrons. The van der Waals surface area contributed by atoms with Crippen LogP contribution in [0.1, 0.15) is 0 Å². The summed E-state index contributed by atoms with van der Waals surface area (Å²) in [5.41, 5.74) is 0. The number of carboxylic acids is 5. The first-order chi connectivity index (χ1) is 17.0. The van der Waals surface area contributed by atoms with Crippen LogP contribution in [0.4, 0.5) is 0 Å². The Morgan fingerprint density at radius 2 is 1.27 bits per heavy atom. The van der Waals surface area contributed by atoms with Gasteiger partial charge in [0.1, 0.15) is 0 Å². The molecule has 21 heteroatoms. The van der Waals surface area contributed by atoms with E-state index >= 15 is 0 Å². The molecule has 0 saturated carbocycles. The van der Waals surface area contributed by atoms with Crippen LogP contribution in [0.2, 0.25) is 0 Å². The van der Waals surface area contributed by atoms with Crippen molar-refractivity contribution in [2.45, 2.75) is 6.04 Å². The van der Waals surface area contributed by atoms with Crippen LogP contribution >= 0.6 is 24.2 Å². The zero-order chi connectivity index (χ0) is 28.8. The smallest absolute Gasteiger partial charge is 0.458 e. The van der Waals surface area contributed by atoms with Crippen molar-refractivity contribution < 1.29 is 67.9 Å². The minimum absolute atomic E-state index is 0.283. The van der Waals surface area contributed by atoms with Gasteiger partial charge in [0, 0.05) is 25.7 Å². The van der Waals surface area contributed by atoms with Gasteiger partial charge in [-0.05, 0) is 6.66 Å². The minimum Gasteiger partial charge on any atom is -0.480 e. The molecule has 0 bridgehead atoms. The maximum absolute atomic E-state index is 12.2. The van der Waals surface area contributed by atoms with Gasteiger partial charge in [0.15, 0.2) is 0 Å². The highest BCUT2D eigenvalue weighted by molar-refractivity contribution is 8.27. The largest absolute Gasteiger partial charge is 0.480 e. The van der Waals surface area contributed by atoms with Crippen molar-refractivity contribution in [3.05, 3.63) is 0 Å². The third-order valence-electron chi connectivity index (χ3n) is 4.24. The van der Waals surface area contributed by atoms with Gasteiger partial charge < -0.3 is 34.9 Å². The summed E-state index contributed by atoms with van der Waals surface area (Å²) in [6, 6.07) is -1.21. The molecule has 4 atom stereocenters. The summed E-state index contributed by atoms with van der Waals surface area (Å²) >= 11 is 0. The molecular weight excluding hydrogens is 562 g/mol.